The van der Waals surface area contributed by atoms with E-state index < -0.39 is 0 Å². The molecule has 2 rings (SSSR count). The Morgan fingerprint density at radius 1 is 0.900 bits per heavy atom. The van der Waals surface area contributed by atoms with Gasteiger partial charge in [-0.15, -0.1) is 23.4 Å². The average molecular weight is 305 g/mol. The van der Waals surface area contributed by atoms with Crippen LogP contribution in [0.15, 0.2) is 35.2 Å². The fraction of sp³-hybridized carbons (Fsp3) is 0.333. The second kappa shape index (κ2) is 6.24. The van der Waals surface area contributed by atoms with Crippen LogP contribution >= 0.6 is 23.4 Å². The summed E-state index contributed by atoms with van der Waals surface area (Å²) in [4.78, 5) is 1.27. The van der Waals surface area contributed by atoms with Crippen LogP contribution < -0.4 is 0 Å². The van der Waals surface area contributed by atoms with Crippen LogP contribution in [0.5, 0.6) is 0 Å². The molecule has 0 fully saturated rings. The van der Waals surface area contributed by atoms with Crippen molar-refractivity contribution < 1.29 is 0 Å². The van der Waals surface area contributed by atoms with Crippen LogP contribution in [0.1, 0.15) is 38.8 Å². The Hall–Kier alpha value is -0.920. The van der Waals surface area contributed by atoms with Crippen molar-refractivity contribution in [2.24, 2.45) is 0 Å². The largest absolute Gasteiger partial charge is 0.130 e. The van der Waals surface area contributed by atoms with Crippen molar-refractivity contribution in [3.63, 3.8) is 0 Å². The van der Waals surface area contributed by atoms with E-state index in [0.29, 0.717) is 0 Å². The zero-order valence-corrected chi connectivity index (χ0v) is 14.3. The summed E-state index contributed by atoms with van der Waals surface area (Å²) in [6, 6.07) is 10.8. The van der Waals surface area contributed by atoms with Crippen LogP contribution in [-0.2, 0) is 0 Å². The number of alkyl halides is 1. The Bertz CT molecular complexity index is 588. The van der Waals surface area contributed by atoms with E-state index in [-0.39, 0.29) is 5.38 Å². The Morgan fingerprint density at radius 2 is 1.40 bits per heavy atom. The van der Waals surface area contributed by atoms with Crippen molar-refractivity contribution in [3.05, 3.63) is 63.7 Å². The molecule has 0 saturated carbocycles. The second-order valence-corrected chi connectivity index (χ2v) is 6.63. The first-order chi connectivity index (χ1) is 9.45. The molecule has 2 aromatic carbocycles. The maximum atomic E-state index is 6.77. The van der Waals surface area contributed by atoms with Crippen LogP contribution in [-0.4, -0.2) is 6.26 Å². The lowest BCUT2D eigenvalue weighted by Crippen LogP contribution is -2.03. The van der Waals surface area contributed by atoms with Gasteiger partial charge >= 0.3 is 0 Å². The molecule has 0 aliphatic rings. The smallest absolute Gasteiger partial charge is 0.0840 e. The zero-order valence-electron chi connectivity index (χ0n) is 12.8. The molecule has 0 nitrogen and oxygen atoms in total. The third kappa shape index (κ3) is 2.89. The minimum Gasteiger partial charge on any atom is -0.130 e. The van der Waals surface area contributed by atoms with Crippen molar-refractivity contribution in [1.82, 2.24) is 0 Å². The maximum absolute atomic E-state index is 6.77. The van der Waals surface area contributed by atoms with Crippen LogP contribution in [0, 0.1) is 27.7 Å². The lowest BCUT2D eigenvalue weighted by molar-refractivity contribution is 1.05. The third-order valence-electron chi connectivity index (χ3n) is 4.09. The molecule has 2 heteroatoms. The molecule has 0 saturated heterocycles. The van der Waals surface area contributed by atoms with Gasteiger partial charge in [0.1, 0.15) is 0 Å². The number of rotatable bonds is 3. The summed E-state index contributed by atoms with van der Waals surface area (Å²) in [7, 11) is 0. The lowest BCUT2D eigenvalue weighted by atomic mass is 9.90. The third-order valence-corrected chi connectivity index (χ3v) is 5.30. The Labute approximate surface area is 131 Å². The number of halogens is 1. The topological polar surface area (TPSA) is 0 Å². The predicted octanol–water partition coefficient (Wildman–Crippen LogP) is 5.97. The minimum atomic E-state index is -0.0792. The molecule has 0 amide bonds. The van der Waals surface area contributed by atoms with Crippen molar-refractivity contribution in [2.75, 3.05) is 6.26 Å². The van der Waals surface area contributed by atoms with E-state index in [0.717, 1.165) is 0 Å². The van der Waals surface area contributed by atoms with Crippen LogP contribution in [0.4, 0.5) is 0 Å². The molecule has 0 aliphatic carbocycles. The summed E-state index contributed by atoms with van der Waals surface area (Å²) in [5.41, 5.74) is 7.68. The molecule has 0 aliphatic heterocycles. The number of benzene rings is 2. The van der Waals surface area contributed by atoms with E-state index in [2.05, 4.69) is 64.3 Å². The monoisotopic (exact) mass is 304 g/mol. The van der Waals surface area contributed by atoms with E-state index in [1.165, 1.54) is 38.3 Å². The predicted molar refractivity (Wildman–Crippen MR) is 91.3 cm³/mol. The van der Waals surface area contributed by atoms with Gasteiger partial charge in [-0.25, -0.2) is 0 Å². The Kier molecular flexibility index (Phi) is 4.82. The molecule has 0 N–H and O–H groups in total. The number of thioether (sulfide) groups is 1. The van der Waals surface area contributed by atoms with Gasteiger partial charge in [0.2, 0.25) is 0 Å². The fourth-order valence-corrected chi connectivity index (χ4v) is 3.45. The standard InChI is InChI=1S/C18H21ClS/c1-11-10-12(2)14(4)17(13(11)3)18(19)15-6-8-16(20-5)9-7-15/h6-10,18H,1-5H3. The zero-order chi connectivity index (χ0) is 14.9. The molecular formula is C18H21ClS. The maximum Gasteiger partial charge on any atom is 0.0840 e. The first kappa shape index (κ1) is 15.5. The average Bonchev–Trinajstić information content (AvgIpc) is 2.45. The number of aryl methyl sites for hydroxylation is 2. The van der Waals surface area contributed by atoms with E-state index in [4.69, 9.17) is 11.6 Å². The van der Waals surface area contributed by atoms with Crippen molar-refractivity contribution in [3.8, 4) is 0 Å². The Morgan fingerprint density at radius 3 is 1.85 bits per heavy atom. The van der Waals surface area contributed by atoms with Crippen molar-refractivity contribution in [1.29, 1.82) is 0 Å². The molecule has 20 heavy (non-hydrogen) atoms. The molecule has 0 radical (unpaired) electrons. The van der Waals surface area contributed by atoms with Gasteiger partial charge in [-0.2, -0.15) is 0 Å². The van der Waals surface area contributed by atoms with Gasteiger partial charge in [-0.1, -0.05) is 18.2 Å². The molecule has 1 atom stereocenters. The normalized spacial score (nSPS) is 12.5. The first-order valence-electron chi connectivity index (χ1n) is 6.81. The van der Waals surface area contributed by atoms with E-state index >= 15 is 0 Å². The SMILES string of the molecule is CSc1ccc(C(Cl)c2c(C)c(C)cc(C)c2C)cc1. The van der Waals surface area contributed by atoms with Crippen LogP contribution in [0.25, 0.3) is 0 Å². The summed E-state index contributed by atoms with van der Waals surface area (Å²) < 4.78 is 0. The van der Waals surface area contributed by atoms with E-state index in [9.17, 15) is 0 Å². The minimum absolute atomic E-state index is 0.0792. The number of hydrogen-bond donors (Lipinski definition) is 0. The number of hydrogen-bond acceptors (Lipinski definition) is 1. The second-order valence-electron chi connectivity index (χ2n) is 5.31. The van der Waals surface area contributed by atoms with Gasteiger partial charge in [-0.3, -0.25) is 0 Å². The van der Waals surface area contributed by atoms with E-state index in [1.807, 2.05) is 0 Å². The summed E-state index contributed by atoms with van der Waals surface area (Å²) in [6.07, 6.45) is 2.09. The van der Waals surface area contributed by atoms with Gasteiger partial charge in [0, 0.05) is 4.90 Å². The first-order valence-corrected chi connectivity index (χ1v) is 8.47. The van der Waals surface area contributed by atoms with Crippen LogP contribution in [0.2, 0.25) is 0 Å². The molecule has 0 bridgehead atoms. The van der Waals surface area contributed by atoms with Gasteiger partial charge in [-0.05, 0) is 79.5 Å². The highest BCUT2D eigenvalue weighted by atomic mass is 35.5. The molecule has 0 heterocycles. The summed E-state index contributed by atoms with van der Waals surface area (Å²) in [5.74, 6) is 0. The van der Waals surface area contributed by atoms with Crippen molar-refractivity contribution >= 4 is 23.4 Å². The molecule has 1 unspecified atom stereocenters. The highest BCUT2D eigenvalue weighted by Crippen LogP contribution is 2.36. The van der Waals surface area contributed by atoms with E-state index in [1.54, 1.807) is 11.8 Å². The quantitative estimate of drug-likeness (QED) is 0.497. The molecular weight excluding hydrogens is 284 g/mol. The lowest BCUT2D eigenvalue weighted by Gasteiger charge is -2.20. The molecule has 2 aromatic rings. The summed E-state index contributed by atoms with van der Waals surface area (Å²) in [5, 5.41) is -0.0792. The van der Waals surface area contributed by atoms with Gasteiger partial charge in [0.25, 0.3) is 0 Å². The van der Waals surface area contributed by atoms with Gasteiger partial charge in [0.15, 0.2) is 0 Å². The summed E-state index contributed by atoms with van der Waals surface area (Å²) in [6.45, 7) is 8.66. The summed E-state index contributed by atoms with van der Waals surface area (Å²) >= 11 is 8.53. The molecule has 0 spiro atoms. The van der Waals surface area contributed by atoms with Gasteiger partial charge < -0.3 is 0 Å². The Balaban J connectivity index is 2.49. The van der Waals surface area contributed by atoms with Crippen molar-refractivity contribution in [2.45, 2.75) is 38.0 Å². The highest BCUT2D eigenvalue weighted by Gasteiger charge is 2.18. The van der Waals surface area contributed by atoms with Crippen LogP contribution in [0.3, 0.4) is 0 Å². The molecule has 0 aromatic heterocycles. The fourth-order valence-electron chi connectivity index (χ4n) is 2.57. The molecule has 106 valence electrons. The van der Waals surface area contributed by atoms with Gasteiger partial charge in [0.05, 0.1) is 5.38 Å². The highest BCUT2D eigenvalue weighted by molar-refractivity contribution is 7.98.